The third kappa shape index (κ3) is 9.69. The van der Waals surface area contributed by atoms with E-state index < -0.39 is 0 Å². The number of hydrogen-bond donors (Lipinski definition) is 0. The van der Waals surface area contributed by atoms with Crippen molar-refractivity contribution in [2.45, 2.75) is 0 Å². The van der Waals surface area contributed by atoms with Crippen molar-refractivity contribution < 1.29 is 47.8 Å². The van der Waals surface area contributed by atoms with Crippen LogP contribution in [0.5, 0.6) is 5.75 Å². The molecule has 0 aliphatic carbocycles. The second kappa shape index (κ2) is 22.1. The molecule has 0 aliphatic heterocycles. The third-order valence-corrected chi connectivity index (χ3v) is 11.1. The molecule has 1 unspecified atom stereocenters. The molecule has 4 aromatic heterocycles. The number of hydrogen-bond acceptors (Lipinski definition) is 4. The van der Waals surface area contributed by atoms with Gasteiger partial charge >= 0.3 is 63.9 Å². The SMILES string of the molecule is [3H]P.[BiH2].[CH3-].[Li+].[Li+].[O-]c1cccc2ccc[nH+]c12.c1ccc(-n2c(-c3cc(-c4nc5ccccc5n4-c4ccccc4)cc(-c4nc5ccccc5n4-c4ccccc4)c3)nc3ccccc32)cc1. The molecule has 12 aromatic rings. The predicted octanol–water partition coefficient (Wildman–Crippen LogP) is 5.03. The Balaban J connectivity index is 0.000000392. The van der Waals surface area contributed by atoms with Crippen molar-refractivity contribution in [3.05, 3.63) is 226 Å². The standard InChI is InChI=1S/C45H30N6.C9H7NO.CH3.Bi.2Li.H3P.2H/c1-4-16-34(17-5-1)49-40-25-13-10-22-37(40)46-43(49)31-28-32(44-47-38-23-11-14-26-41(38)50(44)35-18-6-2-7-19-35)30-33(29-31)45-48-39-24-12-15-27-42(39)51(45)36-20-8-3-9-21-36;11-8-5-1-3-7-4-2-6-10-9(7)8;;;;;;;/h1-30H;1-6,11H;1H3;;;;1H3;;/q;;-1;;2*+1;;;/i;;;;;;1T;;. The molecule has 67 heavy (non-hydrogen) atoms. The molecule has 4 heterocycles. The summed E-state index contributed by atoms with van der Waals surface area (Å²) in [4.78, 5) is 18.8. The van der Waals surface area contributed by atoms with E-state index in [0.29, 0.717) is 5.52 Å². The van der Waals surface area contributed by atoms with Crippen LogP contribution in [-0.4, -0.2) is 56.1 Å². The summed E-state index contributed by atoms with van der Waals surface area (Å²) in [5.41, 5.74) is 12.6. The summed E-state index contributed by atoms with van der Waals surface area (Å²) in [7, 11) is 1.67. The number of pyridine rings is 1. The smallest absolute Gasteiger partial charge is 0.868 e. The predicted molar refractivity (Wildman–Crippen MR) is 273 cm³/mol. The summed E-state index contributed by atoms with van der Waals surface area (Å²) >= 11 is 0. The van der Waals surface area contributed by atoms with Gasteiger partial charge in [0.05, 0.1) is 34.4 Å². The molecular weight excluding hydrogens is 1030 g/mol. The molecule has 8 nitrogen and oxygen atoms in total. The molecule has 1 radical (unpaired) electrons. The van der Waals surface area contributed by atoms with Gasteiger partial charge in [-0.1, -0.05) is 103 Å². The van der Waals surface area contributed by atoms with Crippen LogP contribution >= 0.6 is 9.84 Å². The van der Waals surface area contributed by atoms with Gasteiger partial charge in [0.2, 0.25) is 5.52 Å². The molecule has 8 aromatic carbocycles. The van der Waals surface area contributed by atoms with Crippen molar-refractivity contribution in [2.75, 3.05) is 0 Å². The first kappa shape index (κ1) is 48.8. The van der Waals surface area contributed by atoms with Crippen LogP contribution in [0.15, 0.2) is 219 Å². The van der Waals surface area contributed by atoms with Crippen molar-refractivity contribution in [2.24, 2.45) is 0 Å². The number of H-pyrrole nitrogens is 1. The minimum absolute atomic E-state index is 0. The number of imidazole rings is 3. The second-order valence-electron chi connectivity index (χ2n) is 15.0. The summed E-state index contributed by atoms with van der Waals surface area (Å²) in [5.74, 6) is 2.57. The van der Waals surface area contributed by atoms with E-state index in [0.717, 1.165) is 89.7 Å². The van der Waals surface area contributed by atoms with Gasteiger partial charge in [-0.25, -0.2) is 19.9 Å². The number of nitrogens with one attached hydrogen (secondary N) is 1. The third-order valence-electron chi connectivity index (χ3n) is 11.1. The van der Waals surface area contributed by atoms with Gasteiger partial charge in [-0.15, -0.1) is 0 Å². The van der Waals surface area contributed by atoms with Gasteiger partial charge in [0.25, 0.3) is 0 Å². The fourth-order valence-corrected chi connectivity index (χ4v) is 8.31. The fraction of sp³-hybridized carbons (Fsp3) is 0. The van der Waals surface area contributed by atoms with Gasteiger partial charge in [0.15, 0.2) is 6.20 Å². The molecule has 0 aliphatic rings. The van der Waals surface area contributed by atoms with E-state index >= 15 is 0 Å². The van der Waals surface area contributed by atoms with E-state index in [9.17, 15) is 5.11 Å². The number of fused-ring (bicyclic) bond motifs is 4. The Bertz CT molecular complexity index is 3240. The molecule has 0 bridgehead atoms. The quantitative estimate of drug-likeness (QED) is 0.133. The van der Waals surface area contributed by atoms with Gasteiger partial charge < -0.3 is 12.5 Å². The van der Waals surface area contributed by atoms with Gasteiger partial charge in [0, 0.05) is 45.2 Å². The van der Waals surface area contributed by atoms with Gasteiger partial charge in [-0.3, -0.25) is 13.7 Å². The Labute approximate surface area is 437 Å². The van der Waals surface area contributed by atoms with Crippen LogP contribution in [0.3, 0.4) is 0 Å². The van der Waals surface area contributed by atoms with E-state index in [1.165, 1.54) is 0 Å². The number of para-hydroxylation sites is 10. The van der Waals surface area contributed by atoms with Crippen molar-refractivity contribution in [3.63, 3.8) is 0 Å². The molecule has 0 spiro atoms. The van der Waals surface area contributed by atoms with E-state index in [-0.39, 0.29) is 77.1 Å². The van der Waals surface area contributed by atoms with Crippen molar-refractivity contribution in [3.8, 4) is 57.0 Å². The molecule has 0 fully saturated rings. The minimum atomic E-state index is 0. The summed E-state index contributed by atoms with van der Waals surface area (Å²) in [6.07, 6.45) is 1.75. The van der Waals surface area contributed by atoms with Crippen LogP contribution in [0.2, 0.25) is 0 Å². The first-order chi connectivity index (χ1) is 31.7. The number of rotatable bonds is 6. The molecule has 0 saturated heterocycles. The minimum Gasteiger partial charge on any atom is -0.868 e. The van der Waals surface area contributed by atoms with Crippen LogP contribution in [0.25, 0.3) is 95.2 Å². The van der Waals surface area contributed by atoms with Gasteiger partial charge in [-0.05, 0) is 109 Å². The van der Waals surface area contributed by atoms with Crippen molar-refractivity contribution in [1.29, 1.82) is 1.28 Å². The molecule has 317 valence electrons. The van der Waals surface area contributed by atoms with E-state index in [1.807, 2.05) is 54.6 Å². The maximum absolute atomic E-state index is 11.1. The summed E-state index contributed by atoms with van der Waals surface area (Å²) < 4.78 is 12.4. The Morgan fingerprint density at radius 1 is 0.418 bits per heavy atom. The topological polar surface area (TPSA) is 90.7 Å². The first-order valence-electron chi connectivity index (χ1n) is 21.1. The molecule has 0 amide bonds. The van der Waals surface area contributed by atoms with Crippen LogP contribution in [-0.2, 0) is 0 Å². The Hall–Kier alpha value is -6.11. The van der Waals surface area contributed by atoms with E-state index in [2.05, 4.69) is 164 Å². The Morgan fingerprint density at radius 2 is 0.746 bits per heavy atom. The van der Waals surface area contributed by atoms with Gasteiger partial charge in [-0.2, -0.15) is 9.84 Å². The zero-order chi connectivity index (χ0) is 43.4. The largest absolute Gasteiger partial charge is 1.00 e. The number of aromatic amines is 1. The van der Waals surface area contributed by atoms with Crippen molar-refractivity contribution >= 4 is 80.1 Å². The Morgan fingerprint density at radius 3 is 1.10 bits per heavy atom. The number of nitrogens with zero attached hydrogens (tertiary/aromatic N) is 6. The average molecular weight is 1080 g/mol. The van der Waals surface area contributed by atoms with Gasteiger partial charge in [0.1, 0.15) is 17.5 Å². The molecule has 1 N–H and O–H groups in total. The number of aromatic nitrogens is 7. The summed E-state index contributed by atoms with van der Waals surface area (Å²) in [5, 5.41) is 12.1. The monoisotopic (exact) mass is 1080 g/mol. The zero-order valence-electron chi connectivity index (χ0n) is 38.5. The first-order valence-corrected chi connectivity index (χ1v) is 20.5. The van der Waals surface area contributed by atoms with Crippen LogP contribution in [0, 0.1) is 7.43 Å². The normalized spacial score (nSPS) is 10.6. The van der Waals surface area contributed by atoms with Crippen LogP contribution in [0.4, 0.5) is 0 Å². The Kier molecular flexibility index (Phi) is 16.1. The molecular formula is C55H45BiLi2N7OP+. The maximum Gasteiger partial charge on any atom is 1.00 e. The van der Waals surface area contributed by atoms with E-state index in [1.54, 1.807) is 28.2 Å². The second-order valence-corrected chi connectivity index (χ2v) is 15.0. The maximum atomic E-state index is 11.1. The molecule has 1 atom stereocenters. The summed E-state index contributed by atoms with van der Waals surface area (Å²) in [6.45, 7) is 0. The molecule has 0 saturated carbocycles. The van der Waals surface area contributed by atoms with Crippen molar-refractivity contribution in [1.82, 2.24) is 28.7 Å². The fourth-order valence-electron chi connectivity index (χ4n) is 8.31. The summed E-state index contributed by atoms with van der Waals surface area (Å²) in [6, 6.07) is 72.0. The number of benzene rings is 8. The van der Waals surface area contributed by atoms with E-state index in [4.69, 9.17) is 16.2 Å². The van der Waals surface area contributed by atoms with Crippen LogP contribution in [0.1, 0.15) is 0 Å². The molecule has 12 heteroatoms. The zero-order valence-corrected chi connectivity index (χ0v) is 43.2. The average Bonchev–Trinajstić information content (AvgIpc) is 4.08. The van der Waals surface area contributed by atoms with Crippen LogP contribution < -0.4 is 47.8 Å². The molecule has 12 rings (SSSR count).